The summed E-state index contributed by atoms with van der Waals surface area (Å²) in [5.74, 6) is 0. The Balaban J connectivity index is 1.59. The molecule has 0 bridgehead atoms. The van der Waals surface area contributed by atoms with Crippen molar-refractivity contribution in [2.45, 2.75) is 77.2 Å². The number of para-hydroxylation sites is 1. The van der Waals surface area contributed by atoms with Crippen molar-refractivity contribution in [2.75, 3.05) is 5.32 Å². The molecule has 0 aliphatic rings. The molecular weight excluding hydrogens is 318 g/mol. The maximum Gasteiger partial charge on any atom is 0.0540 e. The minimum absolute atomic E-state index is 0.125. The number of aliphatic hydroxyl groups excluding tert-OH is 1. The van der Waals surface area contributed by atoms with E-state index in [2.05, 4.69) is 48.6 Å². The van der Waals surface area contributed by atoms with E-state index >= 15 is 0 Å². The highest BCUT2D eigenvalue weighted by Crippen LogP contribution is 2.18. The number of rotatable bonds is 13. The molecule has 0 saturated heterocycles. The third kappa shape index (κ3) is 8.53. The standard InChI is InChI=1S/C24H35NO/c1-2-3-4-5-6-10-15-24(26)16-11-12-21-17-19-23(20-18-21)25-22-13-8-7-9-14-22/h7-9,13-14,17-20,24-26H,2-6,10-12,15-16H2,1H3. The Morgan fingerprint density at radius 3 is 2.08 bits per heavy atom. The highest BCUT2D eigenvalue weighted by atomic mass is 16.3. The van der Waals surface area contributed by atoms with Gasteiger partial charge in [-0.3, -0.25) is 0 Å². The first kappa shape index (κ1) is 20.5. The van der Waals surface area contributed by atoms with Crippen LogP contribution in [0.4, 0.5) is 11.4 Å². The van der Waals surface area contributed by atoms with E-state index in [1.165, 1.54) is 44.1 Å². The van der Waals surface area contributed by atoms with Gasteiger partial charge in [-0.15, -0.1) is 0 Å². The van der Waals surface area contributed by atoms with E-state index in [0.29, 0.717) is 0 Å². The Morgan fingerprint density at radius 2 is 1.35 bits per heavy atom. The van der Waals surface area contributed by atoms with Crippen molar-refractivity contribution in [1.29, 1.82) is 0 Å². The molecule has 0 spiro atoms. The summed E-state index contributed by atoms with van der Waals surface area (Å²) < 4.78 is 0. The number of benzene rings is 2. The van der Waals surface area contributed by atoms with Crippen LogP contribution in [-0.2, 0) is 6.42 Å². The first-order valence-electron chi connectivity index (χ1n) is 10.4. The molecule has 26 heavy (non-hydrogen) atoms. The van der Waals surface area contributed by atoms with Gasteiger partial charge in [0.1, 0.15) is 0 Å². The van der Waals surface area contributed by atoms with Crippen LogP contribution in [0.1, 0.15) is 70.3 Å². The van der Waals surface area contributed by atoms with Crippen molar-refractivity contribution in [1.82, 2.24) is 0 Å². The quantitative estimate of drug-likeness (QED) is 0.385. The summed E-state index contributed by atoms with van der Waals surface area (Å²) in [4.78, 5) is 0. The molecular formula is C24H35NO. The van der Waals surface area contributed by atoms with Gasteiger partial charge in [-0.25, -0.2) is 0 Å². The van der Waals surface area contributed by atoms with E-state index in [-0.39, 0.29) is 6.10 Å². The Hall–Kier alpha value is -1.80. The van der Waals surface area contributed by atoms with Gasteiger partial charge in [0, 0.05) is 11.4 Å². The zero-order chi connectivity index (χ0) is 18.5. The smallest absolute Gasteiger partial charge is 0.0540 e. The Bertz CT molecular complexity index is 579. The molecule has 0 fully saturated rings. The van der Waals surface area contributed by atoms with Crippen LogP contribution in [0.3, 0.4) is 0 Å². The van der Waals surface area contributed by atoms with Gasteiger partial charge in [0.2, 0.25) is 0 Å². The largest absolute Gasteiger partial charge is 0.393 e. The maximum absolute atomic E-state index is 10.1. The first-order chi connectivity index (χ1) is 12.8. The fourth-order valence-electron chi connectivity index (χ4n) is 3.29. The topological polar surface area (TPSA) is 32.3 Å². The Labute approximate surface area is 159 Å². The number of hydrogen-bond donors (Lipinski definition) is 2. The molecule has 2 N–H and O–H groups in total. The SMILES string of the molecule is CCCCCCCCC(O)CCCc1ccc(Nc2ccccc2)cc1. The van der Waals surface area contributed by atoms with Gasteiger partial charge in [0.15, 0.2) is 0 Å². The summed E-state index contributed by atoms with van der Waals surface area (Å²) in [6, 6.07) is 18.9. The molecule has 0 aliphatic carbocycles. The molecule has 0 heterocycles. The number of anilines is 2. The summed E-state index contributed by atoms with van der Waals surface area (Å²) in [6.07, 6.45) is 11.6. The number of aliphatic hydroxyl groups is 1. The fourth-order valence-corrected chi connectivity index (χ4v) is 3.29. The van der Waals surface area contributed by atoms with Crippen LogP contribution in [-0.4, -0.2) is 11.2 Å². The molecule has 2 aromatic carbocycles. The summed E-state index contributed by atoms with van der Waals surface area (Å²) >= 11 is 0. The molecule has 0 aromatic heterocycles. The van der Waals surface area contributed by atoms with Gasteiger partial charge in [0.25, 0.3) is 0 Å². The van der Waals surface area contributed by atoms with Gasteiger partial charge >= 0.3 is 0 Å². The second-order valence-corrected chi connectivity index (χ2v) is 7.29. The van der Waals surface area contributed by atoms with E-state index < -0.39 is 0 Å². The van der Waals surface area contributed by atoms with Crippen molar-refractivity contribution in [3.63, 3.8) is 0 Å². The van der Waals surface area contributed by atoms with Crippen molar-refractivity contribution < 1.29 is 5.11 Å². The third-order valence-corrected chi connectivity index (χ3v) is 4.91. The lowest BCUT2D eigenvalue weighted by Crippen LogP contribution is -2.06. The van der Waals surface area contributed by atoms with Gasteiger partial charge in [0.05, 0.1) is 6.10 Å². The third-order valence-electron chi connectivity index (χ3n) is 4.91. The molecule has 2 aromatic rings. The minimum Gasteiger partial charge on any atom is -0.393 e. The van der Waals surface area contributed by atoms with Crippen molar-refractivity contribution in [3.8, 4) is 0 Å². The van der Waals surface area contributed by atoms with Crippen LogP contribution in [0, 0.1) is 0 Å². The van der Waals surface area contributed by atoms with Gasteiger partial charge < -0.3 is 10.4 Å². The molecule has 0 saturated carbocycles. The molecule has 2 rings (SSSR count). The fraction of sp³-hybridized carbons (Fsp3) is 0.500. The number of aryl methyl sites for hydroxylation is 1. The van der Waals surface area contributed by atoms with Crippen LogP contribution in [0.15, 0.2) is 54.6 Å². The molecule has 142 valence electrons. The number of nitrogens with one attached hydrogen (secondary N) is 1. The van der Waals surface area contributed by atoms with Crippen LogP contribution < -0.4 is 5.32 Å². The predicted molar refractivity (Wildman–Crippen MR) is 113 cm³/mol. The number of hydrogen-bond acceptors (Lipinski definition) is 2. The normalized spacial score (nSPS) is 12.1. The molecule has 0 aliphatic heterocycles. The lowest BCUT2D eigenvalue weighted by molar-refractivity contribution is 0.148. The predicted octanol–water partition coefficient (Wildman–Crippen LogP) is 6.86. The second-order valence-electron chi connectivity index (χ2n) is 7.29. The number of unbranched alkanes of at least 4 members (excludes halogenated alkanes) is 5. The van der Waals surface area contributed by atoms with E-state index in [4.69, 9.17) is 0 Å². The van der Waals surface area contributed by atoms with Crippen LogP contribution in [0.25, 0.3) is 0 Å². The van der Waals surface area contributed by atoms with Crippen molar-refractivity contribution >= 4 is 11.4 Å². The van der Waals surface area contributed by atoms with Crippen LogP contribution in [0.5, 0.6) is 0 Å². The second kappa shape index (κ2) is 12.5. The van der Waals surface area contributed by atoms with Crippen molar-refractivity contribution in [2.24, 2.45) is 0 Å². The van der Waals surface area contributed by atoms with Crippen molar-refractivity contribution in [3.05, 3.63) is 60.2 Å². The highest BCUT2D eigenvalue weighted by Gasteiger charge is 2.04. The lowest BCUT2D eigenvalue weighted by atomic mass is 10.0. The summed E-state index contributed by atoms with van der Waals surface area (Å²) in [7, 11) is 0. The van der Waals surface area contributed by atoms with Crippen LogP contribution in [0.2, 0.25) is 0 Å². The molecule has 0 radical (unpaired) electrons. The van der Waals surface area contributed by atoms with E-state index in [1.54, 1.807) is 0 Å². The Morgan fingerprint density at radius 1 is 0.731 bits per heavy atom. The molecule has 1 atom stereocenters. The molecule has 1 unspecified atom stereocenters. The summed E-state index contributed by atoms with van der Waals surface area (Å²) in [6.45, 7) is 2.25. The van der Waals surface area contributed by atoms with E-state index in [9.17, 15) is 5.11 Å². The van der Waals surface area contributed by atoms with Crippen LogP contribution >= 0.6 is 0 Å². The van der Waals surface area contributed by atoms with E-state index in [1.807, 2.05) is 18.2 Å². The zero-order valence-electron chi connectivity index (χ0n) is 16.3. The van der Waals surface area contributed by atoms with Gasteiger partial charge in [-0.05, 0) is 55.5 Å². The zero-order valence-corrected chi connectivity index (χ0v) is 16.3. The molecule has 2 heteroatoms. The molecule has 2 nitrogen and oxygen atoms in total. The van der Waals surface area contributed by atoms with E-state index in [0.717, 1.165) is 37.1 Å². The maximum atomic E-state index is 10.1. The summed E-state index contributed by atoms with van der Waals surface area (Å²) in [5.41, 5.74) is 3.57. The van der Waals surface area contributed by atoms with Gasteiger partial charge in [-0.1, -0.05) is 75.8 Å². The minimum atomic E-state index is -0.125. The average molecular weight is 354 g/mol. The average Bonchev–Trinajstić information content (AvgIpc) is 2.67. The highest BCUT2D eigenvalue weighted by molar-refractivity contribution is 5.59. The summed E-state index contributed by atoms with van der Waals surface area (Å²) in [5, 5.41) is 13.5. The molecule has 0 amide bonds. The Kier molecular flexibility index (Phi) is 9.89. The monoisotopic (exact) mass is 353 g/mol. The first-order valence-corrected chi connectivity index (χ1v) is 10.4. The lowest BCUT2D eigenvalue weighted by Gasteiger charge is -2.11. The van der Waals surface area contributed by atoms with Gasteiger partial charge in [-0.2, -0.15) is 0 Å².